The minimum atomic E-state index is -4.63. The van der Waals surface area contributed by atoms with Crippen LogP contribution >= 0.6 is 0 Å². The van der Waals surface area contributed by atoms with Crippen molar-refractivity contribution in [2.75, 3.05) is 17.2 Å². The topological polar surface area (TPSA) is 84.5 Å². The third-order valence-electron chi connectivity index (χ3n) is 3.85. The molecule has 0 aromatic heterocycles. The lowest BCUT2D eigenvalue weighted by Crippen LogP contribution is -2.23. The summed E-state index contributed by atoms with van der Waals surface area (Å²) in [5.74, 6) is -2.14. The molecule has 2 rings (SSSR count). The molecule has 0 spiro atoms. The molecule has 2 aromatic rings. The van der Waals surface area contributed by atoms with Gasteiger partial charge in [-0.2, -0.15) is 13.2 Å². The number of ether oxygens (including phenoxy) is 1. The summed E-state index contributed by atoms with van der Waals surface area (Å²) in [6.07, 6.45) is -5.07. The number of halogens is 3. The van der Waals surface area contributed by atoms with Crippen molar-refractivity contribution in [2.45, 2.75) is 25.9 Å². The maximum Gasteiger partial charge on any atom is 0.418 e. The Balaban J connectivity index is 1.77. The fraction of sp³-hybridized carbons (Fsp3) is 0.250. The first-order valence-corrected chi connectivity index (χ1v) is 8.64. The van der Waals surface area contributed by atoms with Crippen LogP contribution < -0.4 is 10.6 Å². The Morgan fingerprint density at radius 2 is 1.45 bits per heavy atom. The summed E-state index contributed by atoms with van der Waals surface area (Å²) in [5, 5.41) is 4.71. The molecule has 0 aliphatic carbocycles. The SMILES string of the molecule is Cc1ccccc1NC(=O)CCC(=O)OCC(=O)Nc1ccccc1C(F)(F)F. The third-order valence-corrected chi connectivity index (χ3v) is 3.85. The number of hydrogen-bond acceptors (Lipinski definition) is 4. The van der Waals surface area contributed by atoms with Crippen molar-refractivity contribution in [3.05, 3.63) is 59.7 Å². The van der Waals surface area contributed by atoms with Gasteiger partial charge in [-0.05, 0) is 30.7 Å². The lowest BCUT2D eigenvalue weighted by atomic mass is 10.1. The highest BCUT2D eigenvalue weighted by Gasteiger charge is 2.33. The second kappa shape index (κ2) is 9.72. The van der Waals surface area contributed by atoms with E-state index in [2.05, 4.69) is 10.6 Å². The molecule has 0 fully saturated rings. The minimum absolute atomic E-state index is 0.161. The van der Waals surface area contributed by atoms with Gasteiger partial charge in [0.2, 0.25) is 5.91 Å². The van der Waals surface area contributed by atoms with Crippen molar-refractivity contribution in [2.24, 2.45) is 0 Å². The van der Waals surface area contributed by atoms with Crippen molar-refractivity contribution in [1.82, 2.24) is 0 Å². The number of rotatable bonds is 7. The third kappa shape index (κ3) is 6.95. The van der Waals surface area contributed by atoms with Crippen LogP contribution in [0.15, 0.2) is 48.5 Å². The number of anilines is 2. The van der Waals surface area contributed by atoms with Crippen LogP contribution in [0.4, 0.5) is 24.5 Å². The van der Waals surface area contributed by atoms with Gasteiger partial charge < -0.3 is 15.4 Å². The summed E-state index contributed by atoms with van der Waals surface area (Å²) in [6, 6.07) is 11.6. The van der Waals surface area contributed by atoms with E-state index in [1.165, 1.54) is 12.1 Å². The van der Waals surface area contributed by atoms with E-state index in [0.29, 0.717) is 5.69 Å². The smallest absolute Gasteiger partial charge is 0.418 e. The second-order valence-electron chi connectivity index (χ2n) is 6.12. The van der Waals surface area contributed by atoms with E-state index in [9.17, 15) is 27.6 Å². The zero-order chi connectivity index (χ0) is 21.4. The maximum absolute atomic E-state index is 12.9. The van der Waals surface area contributed by atoms with E-state index < -0.39 is 41.8 Å². The predicted octanol–water partition coefficient (Wildman–Crippen LogP) is 3.91. The highest BCUT2D eigenvalue weighted by molar-refractivity contribution is 5.95. The van der Waals surface area contributed by atoms with Crippen molar-refractivity contribution < 1.29 is 32.3 Å². The van der Waals surface area contributed by atoms with Gasteiger partial charge in [0.05, 0.1) is 17.7 Å². The summed E-state index contributed by atoms with van der Waals surface area (Å²) in [5.41, 5.74) is 0.0408. The van der Waals surface area contributed by atoms with E-state index in [0.717, 1.165) is 17.7 Å². The summed E-state index contributed by atoms with van der Waals surface area (Å²) in [6.45, 7) is 1.06. The zero-order valence-corrected chi connectivity index (χ0v) is 15.5. The molecule has 9 heteroatoms. The Hall–Kier alpha value is -3.36. The van der Waals surface area contributed by atoms with Gasteiger partial charge in [-0.25, -0.2) is 0 Å². The number of amides is 2. The Labute approximate surface area is 165 Å². The zero-order valence-electron chi connectivity index (χ0n) is 15.5. The van der Waals surface area contributed by atoms with Crippen LogP contribution in [0.3, 0.4) is 0 Å². The minimum Gasteiger partial charge on any atom is -0.456 e. The van der Waals surface area contributed by atoms with E-state index in [-0.39, 0.29) is 12.8 Å². The number of benzene rings is 2. The molecule has 2 aromatic carbocycles. The van der Waals surface area contributed by atoms with Crippen molar-refractivity contribution >= 4 is 29.2 Å². The Kier molecular flexibility index (Phi) is 7.35. The Bertz CT molecular complexity index is 897. The Morgan fingerprint density at radius 3 is 2.10 bits per heavy atom. The fourth-order valence-corrected chi connectivity index (χ4v) is 2.39. The van der Waals surface area contributed by atoms with Gasteiger partial charge in [-0.15, -0.1) is 0 Å². The first-order valence-electron chi connectivity index (χ1n) is 8.64. The van der Waals surface area contributed by atoms with Crippen LogP contribution in [0.25, 0.3) is 0 Å². The maximum atomic E-state index is 12.9. The molecule has 0 atom stereocenters. The highest BCUT2D eigenvalue weighted by atomic mass is 19.4. The monoisotopic (exact) mass is 408 g/mol. The Morgan fingerprint density at radius 1 is 0.862 bits per heavy atom. The average Bonchev–Trinajstić information content (AvgIpc) is 2.66. The van der Waals surface area contributed by atoms with E-state index >= 15 is 0 Å². The van der Waals surface area contributed by atoms with Gasteiger partial charge in [0.25, 0.3) is 5.91 Å². The van der Waals surface area contributed by atoms with Crippen LogP contribution in [-0.2, 0) is 25.3 Å². The number of para-hydroxylation sites is 2. The molecule has 0 heterocycles. The highest BCUT2D eigenvalue weighted by Crippen LogP contribution is 2.34. The lowest BCUT2D eigenvalue weighted by molar-refractivity contribution is -0.148. The number of carbonyl (C=O) groups is 3. The molecular formula is C20H19F3N2O4. The van der Waals surface area contributed by atoms with Gasteiger partial charge in [0.15, 0.2) is 6.61 Å². The predicted molar refractivity (Wildman–Crippen MR) is 100 cm³/mol. The molecule has 0 bridgehead atoms. The van der Waals surface area contributed by atoms with Crippen LogP contribution in [0.1, 0.15) is 24.0 Å². The summed E-state index contributed by atoms with van der Waals surface area (Å²) in [7, 11) is 0. The number of carbonyl (C=O) groups excluding carboxylic acids is 3. The quantitative estimate of drug-likeness (QED) is 0.681. The summed E-state index contributed by atoms with van der Waals surface area (Å²) < 4.78 is 43.4. The molecule has 0 aliphatic rings. The van der Waals surface area contributed by atoms with Crippen LogP contribution in [0, 0.1) is 6.92 Å². The number of hydrogen-bond donors (Lipinski definition) is 2. The first-order chi connectivity index (χ1) is 13.7. The van der Waals surface area contributed by atoms with Gasteiger partial charge in [-0.1, -0.05) is 30.3 Å². The van der Waals surface area contributed by atoms with Crippen molar-refractivity contribution in [1.29, 1.82) is 0 Å². The largest absolute Gasteiger partial charge is 0.456 e. The van der Waals surface area contributed by atoms with Crippen LogP contribution in [0.5, 0.6) is 0 Å². The molecule has 0 saturated carbocycles. The molecule has 2 amide bonds. The molecule has 0 saturated heterocycles. The summed E-state index contributed by atoms with van der Waals surface area (Å²) >= 11 is 0. The molecule has 6 nitrogen and oxygen atoms in total. The van der Waals surface area contributed by atoms with E-state index in [1.54, 1.807) is 12.1 Å². The fourth-order valence-electron chi connectivity index (χ4n) is 2.39. The normalized spacial score (nSPS) is 10.9. The lowest BCUT2D eigenvalue weighted by Gasteiger charge is -2.13. The number of esters is 1. The molecule has 0 radical (unpaired) electrons. The van der Waals surface area contributed by atoms with Gasteiger partial charge in [0.1, 0.15) is 0 Å². The summed E-state index contributed by atoms with van der Waals surface area (Å²) in [4.78, 5) is 35.3. The molecular weight excluding hydrogens is 389 g/mol. The molecule has 0 aliphatic heterocycles. The van der Waals surface area contributed by atoms with E-state index in [1.807, 2.05) is 19.1 Å². The molecule has 2 N–H and O–H groups in total. The van der Waals surface area contributed by atoms with Crippen molar-refractivity contribution in [3.63, 3.8) is 0 Å². The molecule has 29 heavy (non-hydrogen) atoms. The number of aryl methyl sites for hydroxylation is 1. The van der Waals surface area contributed by atoms with Crippen LogP contribution in [-0.4, -0.2) is 24.4 Å². The number of alkyl halides is 3. The van der Waals surface area contributed by atoms with Gasteiger partial charge in [-0.3, -0.25) is 14.4 Å². The van der Waals surface area contributed by atoms with Crippen LogP contribution in [0.2, 0.25) is 0 Å². The van der Waals surface area contributed by atoms with Crippen molar-refractivity contribution in [3.8, 4) is 0 Å². The van der Waals surface area contributed by atoms with Gasteiger partial charge >= 0.3 is 12.1 Å². The van der Waals surface area contributed by atoms with Gasteiger partial charge in [0, 0.05) is 12.1 Å². The standard InChI is InChI=1S/C20H19F3N2O4/c1-13-6-2-4-8-15(13)24-17(26)10-11-19(28)29-12-18(27)25-16-9-5-3-7-14(16)20(21,22)23/h2-9H,10-12H2,1H3,(H,24,26)(H,25,27). The molecule has 154 valence electrons. The molecule has 0 unspecified atom stereocenters. The first kappa shape index (κ1) is 21.9. The number of nitrogens with one attached hydrogen (secondary N) is 2. The average molecular weight is 408 g/mol. The van der Waals surface area contributed by atoms with E-state index in [4.69, 9.17) is 4.74 Å². The second-order valence-corrected chi connectivity index (χ2v) is 6.12.